The summed E-state index contributed by atoms with van der Waals surface area (Å²) in [7, 11) is 0. The van der Waals surface area contributed by atoms with Crippen LogP contribution < -0.4 is 10.6 Å². The number of rotatable bonds is 3. The van der Waals surface area contributed by atoms with E-state index in [0.29, 0.717) is 13.0 Å². The Hall–Kier alpha value is -1.79. The fraction of sp³-hybridized carbons (Fsp3) is 0.786. The topological polar surface area (TPSA) is 98.7 Å². The van der Waals surface area contributed by atoms with E-state index in [4.69, 9.17) is 0 Å². The van der Waals surface area contributed by atoms with E-state index in [-0.39, 0.29) is 18.0 Å². The van der Waals surface area contributed by atoms with Gasteiger partial charge in [0.25, 0.3) is 0 Å². The summed E-state index contributed by atoms with van der Waals surface area (Å²) in [4.78, 5) is 36.3. The first-order chi connectivity index (χ1) is 9.70. The molecule has 1 unspecified atom stereocenters. The third-order valence-electron chi connectivity index (χ3n) is 3.21. The lowest BCUT2D eigenvalue weighted by Gasteiger charge is -2.27. The molecule has 0 bridgehead atoms. The highest BCUT2D eigenvalue weighted by molar-refractivity contribution is 5.86. The molecule has 1 aliphatic rings. The molecule has 0 spiro atoms. The van der Waals surface area contributed by atoms with Crippen molar-refractivity contribution in [1.29, 1.82) is 0 Å². The molecule has 0 saturated carbocycles. The zero-order valence-electron chi connectivity index (χ0n) is 12.9. The number of amides is 3. The van der Waals surface area contributed by atoms with Crippen LogP contribution in [0.4, 0.5) is 4.79 Å². The number of carbonyl (C=O) groups is 3. The van der Waals surface area contributed by atoms with Gasteiger partial charge < -0.3 is 20.6 Å². The average Bonchev–Trinajstić information content (AvgIpc) is 2.59. The Morgan fingerprint density at radius 2 is 1.86 bits per heavy atom. The number of urea groups is 1. The van der Waals surface area contributed by atoms with Crippen molar-refractivity contribution in [2.75, 3.05) is 13.1 Å². The predicted molar refractivity (Wildman–Crippen MR) is 77.9 cm³/mol. The van der Waals surface area contributed by atoms with Gasteiger partial charge in [0, 0.05) is 12.1 Å². The number of likely N-dealkylation sites (tertiary alicyclic amines) is 1. The summed E-state index contributed by atoms with van der Waals surface area (Å²) in [6.45, 7) is 5.80. The molecule has 7 heteroatoms. The van der Waals surface area contributed by atoms with Crippen molar-refractivity contribution in [2.45, 2.75) is 58.0 Å². The van der Waals surface area contributed by atoms with Crippen LogP contribution in [0, 0.1) is 0 Å². The molecular formula is C14H25N3O4. The van der Waals surface area contributed by atoms with Crippen molar-refractivity contribution in [3.05, 3.63) is 0 Å². The first-order valence-corrected chi connectivity index (χ1v) is 7.29. The first-order valence-electron chi connectivity index (χ1n) is 7.29. The highest BCUT2D eigenvalue weighted by Gasteiger charge is 2.30. The van der Waals surface area contributed by atoms with Gasteiger partial charge in [0.05, 0.1) is 6.54 Å². The minimum Gasteiger partial charge on any atom is -0.480 e. The molecular weight excluding hydrogens is 274 g/mol. The summed E-state index contributed by atoms with van der Waals surface area (Å²) in [5.74, 6) is -1.29. The van der Waals surface area contributed by atoms with Gasteiger partial charge >= 0.3 is 12.0 Å². The molecule has 1 rings (SSSR count). The molecule has 0 aromatic heterocycles. The Morgan fingerprint density at radius 3 is 2.43 bits per heavy atom. The van der Waals surface area contributed by atoms with E-state index in [9.17, 15) is 19.5 Å². The number of nitrogens with one attached hydrogen (secondary N) is 2. The van der Waals surface area contributed by atoms with Crippen LogP contribution in [-0.2, 0) is 9.59 Å². The summed E-state index contributed by atoms with van der Waals surface area (Å²) >= 11 is 0. The van der Waals surface area contributed by atoms with Crippen LogP contribution in [0.3, 0.4) is 0 Å². The summed E-state index contributed by atoms with van der Waals surface area (Å²) in [5.41, 5.74) is -0.367. The Balaban J connectivity index is 2.56. The smallest absolute Gasteiger partial charge is 0.326 e. The summed E-state index contributed by atoms with van der Waals surface area (Å²) in [6.07, 6.45) is 2.95. The maximum atomic E-state index is 12.1. The van der Waals surface area contributed by atoms with Crippen molar-refractivity contribution in [2.24, 2.45) is 0 Å². The van der Waals surface area contributed by atoms with Crippen molar-refractivity contribution in [3.63, 3.8) is 0 Å². The Morgan fingerprint density at radius 1 is 1.19 bits per heavy atom. The van der Waals surface area contributed by atoms with Gasteiger partial charge in [-0.15, -0.1) is 0 Å². The van der Waals surface area contributed by atoms with Gasteiger partial charge in [0.1, 0.15) is 6.04 Å². The average molecular weight is 299 g/mol. The largest absolute Gasteiger partial charge is 0.480 e. The molecule has 1 fully saturated rings. The summed E-state index contributed by atoms with van der Waals surface area (Å²) in [6, 6.07) is -1.30. The van der Waals surface area contributed by atoms with E-state index in [1.54, 1.807) is 0 Å². The lowest BCUT2D eigenvalue weighted by atomic mass is 10.1. The second-order valence-electron chi connectivity index (χ2n) is 6.35. The minimum absolute atomic E-state index is 0.154. The predicted octanol–water partition coefficient (Wildman–Crippen LogP) is 0.940. The Labute approximate surface area is 125 Å². The third-order valence-corrected chi connectivity index (χ3v) is 3.21. The van der Waals surface area contributed by atoms with Gasteiger partial charge in [-0.3, -0.25) is 4.79 Å². The number of hydrogen-bond acceptors (Lipinski definition) is 3. The molecule has 7 nitrogen and oxygen atoms in total. The van der Waals surface area contributed by atoms with E-state index in [1.165, 1.54) is 4.90 Å². The van der Waals surface area contributed by atoms with Gasteiger partial charge in [-0.2, -0.15) is 0 Å². The fourth-order valence-corrected chi connectivity index (χ4v) is 2.33. The van der Waals surface area contributed by atoms with Gasteiger partial charge in [0.2, 0.25) is 5.91 Å². The molecule has 3 amide bonds. The second kappa shape index (κ2) is 7.28. The molecule has 0 radical (unpaired) electrons. The highest BCUT2D eigenvalue weighted by Crippen LogP contribution is 2.17. The van der Waals surface area contributed by atoms with E-state index >= 15 is 0 Å². The van der Waals surface area contributed by atoms with Crippen molar-refractivity contribution >= 4 is 17.9 Å². The Kier molecular flexibility index (Phi) is 5.99. The van der Waals surface area contributed by atoms with Crippen LogP contribution in [-0.4, -0.2) is 52.6 Å². The van der Waals surface area contributed by atoms with Gasteiger partial charge in [-0.05, 0) is 33.6 Å². The van der Waals surface area contributed by atoms with Crippen LogP contribution in [0.15, 0.2) is 0 Å². The highest BCUT2D eigenvalue weighted by atomic mass is 16.4. The van der Waals surface area contributed by atoms with E-state index < -0.39 is 18.0 Å². The molecule has 1 atom stereocenters. The number of aliphatic carboxylic acids is 1. The number of carboxylic acids is 1. The molecule has 1 heterocycles. The van der Waals surface area contributed by atoms with E-state index in [0.717, 1.165) is 19.3 Å². The minimum atomic E-state index is -0.994. The van der Waals surface area contributed by atoms with Crippen LogP contribution in [0.2, 0.25) is 0 Å². The Bertz CT molecular complexity index is 404. The maximum Gasteiger partial charge on any atom is 0.326 e. The SMILES string of the molecule is CC(C)(C)NC(=O)CNC(=O)N1CCCCCC1C(=O)O. The molecule has 120 valence electrons. The lowest BCUT2D eigenvalue weighted by Crippen LogP contribution is -2.52. The zero-order chi connectivity index (χ0) is 16.0. The molecule has 3 N–H and O–H groups in total. The maximum absolute atomic E-state index is 12.1. The third kappa shape index (κ3) is 6.01. The number of carboxylic acid groups (broad SMARTS) is 1. The standard InChI is InChI=1S/C14H25N3O4/c1-14(2,3)16-11(18)9-15-13(21)17-8-6-4-5-7-10(17)12(19)20/h10H,4-9H2,1-3H3,(H,15,21)(H,16,18)(H,19,20). The lowest BCUT2D eigenvalue weighted by molar-refractivity contribution is -0.142. The first kappa shape index (κ1) is 17.3. The number of nitrogens with zero attached hydrogens (tertiary/aromatic N) is 1. The number of hydrogen-bond donors (Lipinski definition) is 3. The quantitative estimate of drug-likeness (QED) is 0.722. The molecule has 0 aromatic carbocycles. The summed E-state index contributed by atoms with van der Waals surface area (Å²) < 4.78 is 0. The van der Waals surface area contributed by atoms with E-state index in [1.807, 2.05) is 20.8 Å². The second-order valence-corrected chi connectivity index (χ2v) is 6.35. The molecule has 1 aliphatic heterocycles. The molecule has 21 heavy (non-hydrogen) atoms. The molecule has 1 saturated heterocycles. The van der Waals surface area contributed by atoms with Crippen LogP contribution in [0.25, 0.3) is 0 Å². The monoisotopic (exact) mass is 299 g/mol. The van der Waals surface area contributed by atoms with Crippen molar-refractivity contribution < 1.29 is 19.5 Å². The fourth-order valence-electron chi connectivity index (χ4n) is 2.33. The summed E-state index contributed by atoms with van der Waals surface area (Å²) in [5, 5.41) is 14.4. The van der Waals surface area contributed by atoms with Gasteiger partial charge in [-0.25, -0.2) is 9.59 Å². The molecule has 0 aliphatic carbocycles. The van der Waals surface area contributed by atoms with Crippen molar-refractivity contribution in [3.8, 4) is 0 Å². The van der Waals surface area contributed by atoms with Gasteiger partial charge in [0.15, 0.2) is 0 Å². The van der Waals surface area contributed by atoms with Crippen LogP contribution >= 0.6 is 0 Å². The van der Waals surface area contributed by atoms with E-state index in [2.05, 4.69) is 10.6 Å². The van der Waals surface area contributed by atoms with Crippen molar-refractivity contribution in [1.82, 2.24) is 15.5 Å². The normalized spacial score (nSPS) is 19.6. The zero-order valence-corrected chi connectivity index (χ0v) is 12.9. The number of carbonyl (C=O) groups excluding carboxylic acids is 2. The van der Waals surface area contributed by atoms with Crippen LogP contribution in [0.5, 0.6) is 0 Å². The molecule has 0 aromatic rings. The van der Waals surface area contributed by atoms with Gasteiger partial charge in [-0.1, -0.05) is 12.8 Å². The van der Waals surface area contributed by atoms with Crippen LogP contribution in [0.1, 0.15) is 46.5 Å².